The molecule has 0 fully saturated rings. The molecule has 398 valence electrons. The second-order valence-electron chi connectivity index (χ2n) is 23.6. The maximum absolute atomic E-state index is 2.47. The molecule has 0 aliphatic heterocycles. The Kier molecular flexibility index (Phi) is 52.3. The number of hydrogen-bond donors (Lipinski definition) is 0. The van der Waals surface area contributed by atoms with E-state index in [0.29, 0.717) is 0 Å². The van der Waals surface area contributed by atoms with Crippen molar-refractivity contribution in [3.63, 3.8) is 0 Å². The van der Waals surface area contributed by atoms with E-state index >= 15 is 0 Å². The fraction of sp³-hybridized carbons (Fsp3) is 0.908. The maximum atomic E-state index is 2.47. The van der Waals surface area contributed by atoms with Gasteiger partial charge in [-0.1, -0.05) is 321 Å². The number of unbranched alkanes of at least 4 members (excludes halogenated alkanes) is 45. The van der Waals surface area contributed by atoms with Crippen molar-refractivity contribution in [3.05, 3.63) is 35.9 Å². The van der Waals surface area contributed by atoms with Crippen LogP contribution >= 0.6 is 0 Å². The highest BCUT2D eigenvalue weighted by molar-refractivity contribution is 5.13. The molecule has 0 radical (unpaired) electrons. The molecule has 0 amide bonds. The van der Waals surface area contributed by atoms with Gasteiger partial charge in [0.05, 0.1) is 47.8 Å². The monoisotopic (exact) mass is 939 g/mol. The van der Waals surface area contributed by atoms with E-state index in [-0.39, 0.29) is 0 Å². The summed E-state index contributed by atoms with van der Waals surface area (Å²) < 4.78 is 2.36. The first-order valence-corrected chi connectivity index (χ1v) is 31.4. The Labute approximate surface area is 426 Å². The first kappa shape index (κ1) is 66.1. The summed E-state index contributed by atoms with van der Waals surface area (Å²) in [7, 11) is 9.68. The van der Waals surface area contributed by atoms with Crippen LogP contribution in [0.5, 0.6) is 0 Å². The maximum Gasteiger partial charge on any atom is 0.104 e. The van der Waals surface area contributed by atoms with Crippen LogP contribution in [-0.4, -0.2) is 56.8 Å². The minimum atomic E-state index is 1.11. The normalized spacial score (nSPS) is 11.9. The Morgan fingerprint density at radius 2 is 0.403 bits per heavy atom. The molecule has 0 aliphatic carbocycles. The molecular weight excluding hydrogens is 809 g/mol. The molecular formula is C65H130N2+2. The standard InChI is InChI=1S/C38H80N.C27H50N/c1-5-7-9-11-13-15-17-19-21-23-25-27-29-31-33-35-37-39(3,4)38-36-34-32-30-28-26-24-22-20-18-16-14-12-10-8-6-2;1-4-5-6-7-8-9-10-11-12-13-14-15-16-17-18-22-25-28(2,3)26-27-23-20-19-21-24-27/h5-38H2,1-4H3;19-21,23-24H,4-18,22,25-26H2,1-3H3/q2*+1. The Morgan fingerprint density at radius 1 is 0.224 bits per heavy atom. The molecule has 0 N–H and O–H groups in total. The number of rotatable bonds is 53. The van der Waals surface area contributed by atoms with Gasteiger partial charge in [-0.2, -0.15) is 0 Å². The molecule has 2 nitrogen and oxygen atoms in total. The van der Waals surface area contributed by atoms with E-state index in [9.17, 15) is 0 Å². The summed E-state index contributed by atoms with van der Waals surface area (Å²) in [5.74, 6) is 0. The van der Waals surface area contributed by atoms with E-state index in [4.69, 9.17) is 0 Å². The zero-order valence-electron chi connectivity index (χ0n) is 48.1. The minimum Gasteiger partial charge on any atom is -0.328 e. The van der Waals surface area contributed by atoms with Gasteiger partial charge in [-0.3, -0.25) is 0 Å². The summed E-state index contributed by atoms with van der Waals surface area (Å²) in [6.45, 7) is 12.1. The van der Waals surface area contributed by atoms with Crippen LogP contribution in [0.25, 0.3) is 0 Å². The molecule has 2 heteroatoms. The fourth-order valence-electron chi connectivity index (χ4n) is 10.5. The van der Waals surface area contributed by atoms with Gasteiger partial charge in [0.25, 0.3) is 0 Å². The molecule has 0 aliphatic rings. The predicted molar refractivity (Wildman–Crippen MR) is 308 cm³/mol. The first-order chi connectivity index (χ1) is 32.8. The largest absolute Gasteiger partial charge is 0.328 e. The SMILES string of the molecule is CCCCCCCCCCCCCCCCCC[N+](C)(C)CCCCCCCCCCCCCCCCCC.CCCCCCCCCCCCCCCCCC[N+](C)(C)Cc1ccccc1. The number of nitrogens with zero attached hydrogens (tertiary/aromatic N) is 2. The highest BCUT2D eigenvalue weighted by atomic mass is 15.3. The van der Waals surface area contributed by atoms with E-state index < -0.39 is 0 Å². The minimum absolute atomic E-state index is 1.11. The third-order valence-electron chi connectivity index (χ3n) is 15.3. The number of hydrogen-bond acceptors (Lipinski definition) is 0. The fourth-order valence-corrected chi connectivity index (χ4v) is 10.5. The zero-order chi connectivity index (χ0) is 48.9. The molecule has 67 heavy (non-hydrogen) atoms. The lowest BCUT2D eigenvalue weighted by Crippen LogP contribution is -2.41. The van der Waals surface area contributed by atoms with E-state index in [1.54, 1.807) is 0 Å². The summed E-state index contributed by atoms with van der Waals surface area (Å²) in [4.78, 5) is 0. The topological polar surface area (TPSA) is 0 Å². The van der Waals surface area contributed by atoms with Crippen LogP contribution in [-0.2, 0) is 6.54 Å². The van der Waals surface area contributed by atoms with Crippen molar-refractivity contribution in [1.29, 1.82) is 0 Å². The molecule has 0 aromatic heterocycles. The van der Waals surface area contributed by atoms with Gasteiger partial charge in [-0.25, -0.2) is 0 Å². The van der Waals surface area contributed by atoms with Crippen molar-refractivity contribution in [2.75, 3.05) is 47.8 Å². The predicted octanol–water partition coefficient (Wildman–Crippen LogP) is 22.1. The summed E-state index contributed by atoms with van der Waals surface area (Å²) in [6, 6.07) is 10.9. The van der Waals surface area contributed by atoms with Crippen molar-refractivity contribution in [3.8, 4) is 0 Å². The average molecular weight is 940 g/mol. The molecule has 0 saturated heterocycles. The highest BCUT2D eigenvalue weighted by Gasteiger charge is 2.15. The second-order valence-corrected chi connectivity index (χ2v) is 23.6. The van der Waals surface area contributed by atoms with Crippen molar-refractivity contribution < 1.29 is 8.97 Å². The van der Waals surface area contributed by atoms with Crippen LogP contribution in [0.4, 0.5) is 0 Å². The van der Waals surface area contributed by atoms with E-state index in [1.165, 1.54) is 338 Å². The molecule has 1 aromatic rings. The summed E-state index contributed by atoms with van der Waals surface area (Å²) in [5, 5.41) is 0. The van der Waals surface area contributed by atoms with Crippen LogP contribution in [0.15, 0.2) is 30.3 Å². The molecule has 0 heterocycles. The highest BCUT2D eigenvalue weighted by Crippen LogP contribution is 2.19. The smallest absolute Gasteiger partial charge is 0.104 e. The lowest BCUT2D eigenvalue weighted by molar-refractivity contribution is -0.903. The van der Waals surface area contributed by atoms with Crippen LogP contribution < -0.4 is 0 Å². The molecule has 1 aromatic carbocycles. The van der Waals surface area contributed by atoms with Gasteiger partial charge in [-0.05, 0) is 38.5 Å². The molecule has 0 unspecified atom stereocenters. The Hall–Kier alpha value is -0.860. The van der Waals surface area contributed by atoms with Crippen LogP contribution in [0.3, 0.4) is 0 Å². The second kappa shape index (κ2) is 53.0. The van der Waals surface area contributed by atoms with Crippen LogP contribution in [0.2, 0.25) is 0 Å². The number of quaternary nitrogens is 2. The van der Waals surface area contributed by atoms with Gasteiger partial charge < -0.3 is 8.97 Å². The van der Waals surface area contributed by atoms with Gasteiger partial charge in [0.15, 0.2) is 0 Å². The zero-order valence-corrected chi connectivity index (χ0v) is 48.1. The van der Waals surface area contributed by atoms with Gasteiger partial charge in [-0.15, -0.1) is 0 Å². The van der Waals surface area contributed by atoms with E-state index in [1.807, 2.05) is 0 Å². The third-order valence-corrected chi connectivity index (χ3v) is 15.3. The summed E-state index contributed by atoms with van der Waals surface area (Å²) in [6.07, 6.45) is 70.1. The molecule has 0 bridgehead atoms. The average Bonchev–Trinajstić information content (AvgIpc) is 3.31. The summed E-state index contributed by atoms with van der Waals surface area (Å²) >= 11 is 0. The van der Waals surface area contributed by atoms with Crippen LogP contribution in [0.1, 0.15) is 335 Å². The Bertz CT molecular complexity index is 993. The van der Waals surface area contributed by atoms with E-state index in [0.717, 1.165) is 11.0 Å². The molecule has 0 atom stereocenters. The molecule has 0 spiro atoms. The van der Waals surface area contributed by atoms with Crippen LogP contribution in [0, 0.1) is 0 Å². The Balaban J connectivity index is 0.00000137. The van der Waals surface area contributed by atoms with E-state index in [2.05, 4.69) is 79.3 Å². The van der Waals surface area contributed by atoms with Crippen molar-refractivity contribution in [2.45, 2.75) is 336 Å². The number of benzene rings is 1. The Morgan fingerprint density at radius 3 is 0.612 bits per heavy atom. The van der Waals surface area contributed by atoms with Crippen molar-refractivity contribution in [2.24, 2.45) is 0 Å². The third kappa shape index (κ3) is 54.3. The molecule has 1 rings (SSSR count). The van der Waals surface area contributed by atoms with Gasteiger partial charge in [0.2, 0.25) is 0 Å². The quantitative estimate of drug-likeness (QED) is 0.0451. The van der Waals surface area contributed by atoms with Crippen molar-refractivity contribution in [1.82, 2.24) is 0 Å². The summed E-state index contributed by atoms with van der Waals surface area (Å²) in [5.41, 5.74) is 1.46. The molecule has 0 saturated carbocycles. The van der Waals surface area contributed by atoms with Gasteiger partial charge in [0.1, 0.15) is 6.54 Å². The first-order valence-electron chi connectivity index (χ1n) is 31.4. The van der Waals surface area contributed by atoms with Gasteiger partial charge in [0, 0.05) is 5.56 Å². The van der Waals surface area contributed by atoms with Crippen molar-refractivity contribution >= 4 is 0 Å². The van der Waals surface area contributed by atoms with Gasteiger partial charge >= 0.3 is 0 Å². The lowest BCUT2D eigenvalue weighted by atomic mass is 10.0. The lowest BCUT2D eigenvalue weighted by Gasteiger charge is -2.30.